The third-order valence-electron chi connectivity index (χ3n) is 1.90. The van der Waals surface area contributed by atoms with Crippen molar-refractivity contribution in [3.63, 3.8) is 0 Å². The van der Waals surface area contributed by atoms with Crippen molar-refractivity contribution in [1.29, 1.82) is 0 Å². The van der Waals surface area contributed by atoms with Crippen LogP contribution in [0.3, 0.4) is 0 Å². The summed E-state index contributed by atoms with van der Waals surface area (Å²) in [4.78, 5) is 10.8. The van der Waals surface area contributed by atoms with E-state index in [1.807, 2.05) is 30.3 Å². The summed E-state index contributed by atoms with van der Waals surface area (Å²) in [6.07, 6.45) is 1.65. The van der Waals surface area contributed by atoms with Crippen molar-refractivity contribution in [2.75, 3.05) is 6.54 Å². The minimum Gasteiger partial charge on any atom is -0.348 e. The molecule has 0 aliphatic carbocycles. The highest BCUT2D eigenvalue weighted by atomic mass is 16.1. The van der Waals surface area contributed by atoms with E-state index in [1.54, 1.807) is 6.08 Å². The van der Waals surface area contributed by atoms with Crippen LogP contribution in [0.4, 0.5) is 0 Å². The van der Waals surface area contributed by atoms with Crippen molar-refractivity contribution in [2.45, 2.75) is 0 Å². The van der Waals surface area contributed by atoms with E-state index in [1.165, 1.54) is 0 Å². The zero-order valence-corrected chi connectivity index (χ0v) is 6.58. The Morgan fingerprint density at radius 1 is 1.17 bits per heavy atom. The fraction of sp³-hybridized carbons (Fsp3) is 0.100. The van der Waals surface area contributed by atoms with E-state index < -0.39 is 0 Å². The second-order valence-electron chi connectivity index (χ2n) is 2.75. The van der Waals surface area contributed by atoms with Gasteiger partial charge in [-0.3, -0.25) is 4.79 Å². The fourth-order valence-corrected chi connectivity index (χ4v) is 1.28. The van der Waals surface area contributed by atoms with Crippen LogP contribution in [0.1, 0.15) is 5.56 Å². The van der Waals surface area contributed by atoms with Gasteiger partial charge >= 0.3 is 0 Å². The summed E-state index contributed by atoms with van der Waals surface area (Å²) >= 11 is 0. The van der Waals surface area contributed by atoms with Crippen molar-refractivity contribution < 1.29 is 4.79 Å². The van der Waals surface area contributed by atoms with Crippen LogP contribution in [-0.2, 0) is 4.79 Å². The number of hydrogen-bond acceptors (Lipinski definition) is 1. The largest absolute Gasteiger partial charge is 0.348 e. The molecule has 12 heavy (non-hydrogen) atoms. The normalized spacial score (nSPS) is 15.7. The van der Waals surface area contributed by atoms with E-state index in [-0.39, 0.29) is 5.91 Å². The molecule has 0 saturated carbocycles. The second kappa shape index (κ2) is 2.81. The number of carbonyl (C=O) groups excluding carboxylic acids is 1. The zero-order chi connectivity index (χ0) is 8.39. The third kappa shape index (κ3) is 1.23. The Morgan fingerprint density at radius 3 is 2.50 bits per heavy atom. The minimum atomic E-state index is 0.00820. The Bertz CT molecular complexity index is 327. The Morgan fingerprint density at radius 2 is 1.92 bits per heavy atom. The molecule has 1 aromatic carbocycles. The highest BCUT2D eigenvalue weighted by Crippen LogP contribution is 2.15. The van der Waals surface area contributed by atoms with E-state index in [4.69, 9.17) is 0 Å². The third-order valence-corrected chi connectivity index (χ3v) is 1.90. The Hall–Kier alpha value is -1.57. The SMILES string of the molecule is O=C1C=C(c2ccccc2)CN1. The van der Waals surface area contributed by atoms with Gasteiger partial charge in [-0.1, -0.05) is 30.3 Å². The summed E-state index contributed by atoms with van der Waals surface area (Å²) in [5.74, 6) is 0.00820. The molecule has 0 saturated heterocycles. The average molecular weight is 159 g/mol. The molecule has 1 aromatic rings. The quantitative estimate of drug-likeness (QED) is 0.655. The standard InChI is InChI=1S/C10H9NO/c12-10-6-9(7-11-10)8-4-2-1-3-5-8/h1-6H,7H2,(H,11,12). The number of hydrogen-bond donors (Lipinski definition) is 1. The first-order valence-corrected chi connectivity index (χ1v) is 3.90. The first-order valence-electron chi connectivity index (χ1n) is 3.90. The van der Waals surface area contributed by atoms with Crippen molar-refractivity contribution in [3.8, 4) is 0 Å². The molecule has 1 aliphatic rings. The Kier molecular flexibility index (Phi) is 1.67. The molecule has 0 bridgehead atoms. The molecule has 60 valence electrons. The monoisotopic (exact) mass is 159 g/mol. The van der Waals surface area contributed by atoms with Gasteiger partial charge in [0, 0.05) is 12.6 Å². The smallest absolute Gasteiger partial charge is 0.244 e. The van der Waals surface area contributed by atoms with Gasteiger partial charge in [-0.05, 0) is 11.1 Å². The molecule has 2 nitrogen and oxygen atoms in total. The van der Waals surface area contributed by atoms with Gasteiger partial charge in [-0.15, -0.1) is 0 Å². The maximum Gasteiger partial charge on any atom is 0.244 e. The van der Waals surface area contributed by atoms with Gasteiger partial charge in [0.2, 0.25) is 5.91 Å². The summed E-state index contributed by atoms with van der Waals surface area (Å²) in [7, 11) is 0. The van der Waals surface area contributed by atoms with Gasteiger partial charge in [0.05, 0.1) is 0 Å². The molecular formula is C10H9NO. The Balaban J connectivity index is 2.33. The van der Waals surface area contributed by atoms with Crippen LogP contribution in [0.5, 0.6) is 0 Å². The summed E-state index contributed by atoms with van der Waals surface area (Å²) in [6, 6.07) is 9.92. The molecular weight excluding hydrogens is 150 g/mol. The summed E-state index contributed by atoms with van der Waals surface area (Å²) in [6.45, 7) is 0.656. The van der Waals surface area contributed by atoms with E-state index in [0.717, 1.165) is 11.1 Å². The van der Waals surface area contributed by atoms with Crippen LogP contribution in [0.25, 0.3) is 5.57 Å². The molecule has 0 fully saturated rings. The van der Waals surface area contributed by atoms with E-state index in [2.05, 4.69) is 5.32 Å². The lowest BCUT2D eigenvalue weighted by Crippen LogP contribution is -2.14. The van der Waals surface area contributed by atoms with Gasteiger partial charge in [0.1, 0.15) is 0 Å². The molecule has 1 amide bonds. The van der Waals surface area contributed by atoms with Gasteiger partial charge in [0.15, 0.2) is 0 Å². The molecule has 2 heteroatoms. The van der Waals surface area contributed by atoms with Gasteiger partial charge in [0.25, 0.3) is 0 Å². The van der Waals surface area contributed by atoms with Crippen LogP contribution < -0.4 is 5.32 Å². The summed E-state index contributed by atoms with van der Waals surface area (Å²) in [5.41, 5.74) is 2.19. The number of carbonyl (C=O) groups is 1. The van der Waals surface area contributed by atoms with Crippen LogP contribution in [0.2, 0.25) is 0 Å². The van der Waals surface area contributed by atoms with Gasteiger partial charge < -0.3 is 5.32 Å². The van der Waals surface area contributed by atoms with Crippen LogP contribution in [0.15, 0.2) is 36.4 Å². The first kappa shape index (κ1) is 7.10. The lowest BCUT2D eigenvalue weighted by Gasteiger charge is -1.98. The molecule has 0 radical (unpaired) electrons. The highest BCUT2D eigenvalue weighted by molar-refractivity contribution is 6.00. The predicted molar refractivity (Wildman–Crippen MR) is 47.4 cm³/mol. The van der Waals surface area contributed by atoms with Crippen molar-refractivity contribution in [1.82, 2.24) is 5.32 Å². The number of rotatable bonds is 1. The maximum atomic E-state index is 10.8. The number of nitrogens with one attached hydrogen (secondary N) is 1. The van der Waals surface area contributed by atoms with Crippen molar-refractivity contribution in [2.24, 2.45) is 0 Å². The van der Waals surface area contributed by atoms with Crippen molar-refractivity contribution in [3.05, 3.63) is 42.0 Å². The van der Waals surface area contributed by atoms with Crippen LogP contribution in [0, 0.1) is 0 Å². The highest BCUT2D eigenvalue weighted by Gasteiger charge is 2.10. The first-order chi connectivity index (χ1) is 5.86. The Labute approximate surface area is 70.9 Å². The zero-order valence-electron chi connectivity index (χ0n) is 6.58. The molecule has 0 atom stereocenters. The van der Waals surface area contributed by atoms with Crippen LogP contribution in [-0.4, -0.2) is 12.5 Å². The van der Waals surface area contributed by atoms with Gasteiger partial charge in [-0.2, -0.15) is 0 Å². The van der Waals surface area contributed by atoms with E-state index in [9.17, 15) is 4.79 Å². The average Bonchev–Trinajstić information content (AvgIpc) is 2.54. The van der Waals surface area contributed by atoms with Gasteiger partial charge in [-0.25, -0.2) is 0 Å². The second-order valence-corrected chi connectivity index (χ2v) is 2.75. The number of amides is 1. The molecule has 1 N–H and O–H groups in total. The lowest BCUT2D eigenvalue weighted by molar-refractivity contribution is -0.115. The lowest BCUT2D eigenvalue weighted by atomic mass is 10.1. The van der Waals surface area contributed by atoms with E-state index in [0.29, 0.717) is 6.54 Å². The molecule has 0 aromatic heterocycles. The molecule has 1 heterocycles. The molecule has 0 unspecified atom stereocenters. The number of benzene rings is 1. The van der Waals surface area contributed by atoms with E-state index >= 15 is 0 Å². The fourth-order valence-electron chi connectivity index (χ4n) is 1.28. The maximum absolute atomic E-state index is 10.8. The predicted octanol–water partition coefficient (Wildman–Crippen LogP) is 1.20. The molecule has 0 spiro atoms. The molecule has 1 aliphatic heterocycles. The van der Waals surface area contributed by atoms with Crippen LogP contribution >= 0.6 is 0 Å². The summed E-state index contributed by atoms with van der Waals surface area (Å²) in [5, 5.41) is 2.74. The summed E-state index contributed by atoms with van der Waals surface area (Å²) < 4.78 is 0. The topological polar surface area (TPSA) is 29.1 Å². The van der Waals surface area contributed by atoms with Crippen molar-refractivity contribution >= 4 is 11.5 Å². The minimum absolute atomic E-state index is 0.00820. The molecule has 2 rings (SSSR count).